The molecule has 0 atom stereocenters. The topological polar surface area (TPSA) is 67.1 Å². The van der Waals surface area contributed by atoms with E-state index in [1.54, 1.807) is 13.1 Å². The summed E-state index contributed by atoms with van der Waals surface area (Å²) < 4.78 is 58.1. The van der Waals surface area contributed by atoms with Crippen LogP contribution < -0.4 is 4.90 Å². The number of hydrogen-bond donors (Lipinski definition) is 1. The second kappa shape index (κ2) is 8.33. The second-order valence-corrected chi connectivity index (χ2v) is 7.99. The lowest BCUT2D eigenvalue weighted by atomic mass is 10.1. The van der Waals surface area contributed by atoms with Crippen LogP contribution in [0, 0.1) is 23.5 Å². The smallest absolute Gasteiger partial charge is 0.256 e. The maximum atomic E-state index is 15.0. The van der Waals surface area contributed by atoms with Gasteiger partial charge >= 0.3 is 0 Å². The summed E-state index contributed by atoms with van der Waals surface area (Å²) in [5.41, 5.74) is -0.635. The van der Waals surface area contributed by atoms with Gasteiger partial charge in [0.05, 0.1) is 11.9 Å². The minimum atomic E-state index is -2.85. The van der Waals surface area contributed by atoms with E-state index in [-0.39, 0.29) is 28.1 Å². The number of pyridine rings is 1. The van der Waals surface area contributed by atoms with E-state index in [4.69, 9.17) is 0 Å². The fourth-order valence-electron chi connectivity index (χ4n) is 3.50. The van der Waals surface area contributed by atoms with Crippen LogP contribution in [0.25, 0.3) is 21.9 Å². The average Bonchev–Trinajstić information content (AvgIpc) is 3.10. The van der Waals surface area contributed by atoms with Crippen molar-refractivity contribution in [2.75, 3.05) is 11.4 Å². The van der Waals surface area contributed by atoms with Crippen LogP contribution in [-0.4, -0.2) is 43.7 Å². The van der Waals surface area contributed by atoms with E-state index in [1.807, 2.05) is 0 Å². The number of halogens is 4. The standard InChI is InChI=1S/C23H19F4N5O/c1-23(2,33)8-7-13-9-14(24)11-15(10-13)32(12-18(26)27)22-19-16(5-4-6-17(19)25)20-21(28-22)29-30-31(20)3/h4-6,9-11,18,33H,12H2,1-3H3. The minimum absolute atomic E-state index is 0.00404. The molecule has 4 rings (SSSR count). The molecule has 33 heavy (non-hydrogen) atoms. The van der Waals surface area contributed by atoms with Gasteiger partial charge in [0.1, 0.15) is 28.6 Å². The molecule has 0 fully saturated rings. The highest BCUT2D eigenvalue weighted by molar-refractivity contribution is 6.08. The van der Waals surface area contributed by atoms with Crippen LogP contribution in [-0.2, 0) is 7.05 Å². The molecular weight excluding hydrogens is 438 g/mol. The first-order valence-corrected chi connectivity index (χ1v) is 9.93. The molecule has 4 aromatic rings. The molecule has 6 nitrogen and oxygen atoms in total. The summed E-state index contributed by atoms with van der Waals surface area (Å²) in [5, 5.41) is 18.0. The number of rotatable bonds is 4. The number of fused-ring (bicyclic) bond motifs is 3. The predicted molar refractivity (Wildman–Crippen MR) is 116 cm³/mol. The zero-order valence-corrected chi connectivity index (χ0v) is 17.9. The molecule has 0 aliphatic carbocycles. The van der Waals surface area contributed by atoms with E-state index < -0.39 is 30.2 Å². The summed E-state index contributed by atoms with van der Waals surface area (Å²) in [6.07, 6.45) is -2.85. The second-order valence-electron chi connectivity index (χ2n) is 7.99. The van der Waals surface area contributed by atoms with E-state index in [2.05, 4.69) is 27.1 Å². The molecule has 0 saturated heterocycles. The van der Waals surface area contributed by atoms with E-state index in [0.717, 1.165) is 17.0 Å². The quantitative estimate of drug-likeness (QED) is 0.365. The lowest BCUT2D eigenvalue weighted by Gasteiger charge is -2.25. The molecular formula is C23H19F4N5O. The van der Waals surface area contributed by atoms with Crippen molar-refractivity contribution in [2.24, 2.45) is 7.05 Å². The first-order chi connectivity index (χ1) is 15.5. The number of anilines is 2. The normalized spacial score (nSPS) is 11.8. The molecule has 0 radical (unpaired) electrons. The van der Waals surface area contributed by atoms with Gasteiger partial charge in [-0.2, -0.15) is 0 Å². The van der Waals surface area contributed by atoms with Gasteiger partial charge in [0, 0.05) is 23.7 Å². The Kier molecular flexibility index (Phi) is 5.68. The van der Waals surface area contributed by atoms with Crippen LogP contribution in [0.2, 0.25) is 0 Å². The van der Waals surface area contributed by atoms with Gasteiger partial charge in [0.2, 0.25) is 5.65 Å². The van der Waals surface area contributed by atoms with Gasteiger partial charge in [-0.05, 0) is 38.1 Å². The summed E-state index contributed by atoms with van der Waals surface area (Å²) in [6.45, 7) is 2.03. The number of hydrogen-bond acceptors (Lipinski definition) is 5. The molecule has 0 bridgehead atoms. The van der Waals surface area contributed by atoms with Gasteiger partial charge in [-0.3, -0.25) is 0 Å². The van der Waals surface area contributed by atoms with Crippen LogP contribution in [0.3, 0.4) is 0 Å². The number of aromatic nitrogens is 4. The van der Waals surface area contributed by atoms with Crippen molar-refractivity contribution < 1.29 is 22.7 Å². The van der Waals surface area contributed by atoms with Crippen molar-refractivity contribution in [1.29, 1.82) is 0 Å². The maximum Gasteiger partial charge on any atom is 0.256 e. The molecule has 0 aliphatic rings. The number of benzene rings is 2. The van der Waals surface area contributed by atoms with Crippen LogP contribution in [0.4, 0.5) is 29.1 Å². The molecule has 0 aliphatic heterocycles. The lowest BCUT2D eigenvalue weighted by Crippen LogP contribution is -2.25. The van der Waals surface area contributed by atoms with Crippen molar-refractivity contribution in [3.63, 3.8) is 0 Å². The molecule has 0 spiro atoms. The Bertz CT molecular complexity index is 1420. The lowest BCUT2D eigenvalue weighted by molar-refractivity contribution is 0.143. The third-order valence-electron chi connectivity index (χ3n) is 4.80. The first-order valence-electron chi connectivity index (χ1n) is 9.93. The summed E-state index contributed by atoms with van der Waals surface area (Å²) in [6, 6.07) is 7.81. The molecule has 1 N–H and O–H groups in total. The number of aryl methyl sites for hydroxylation is 1. The van der Waals surface area contributed by atoms with Crippen LogP contribution >= 0.6 is 0 Å². The van der Waals surface area contributed by atoms with Gasteiger partial charge in [0.25, 0.3) is 6.43 Å². The van der Waals surface area contributed by atoms with Crippen molar-refractivity contribution in [2.45, 2.75) is 25.9 Å². The summed E-state index contributed by atoms with van der Waals surface area (Å²) in [4.78, 5) is 5.35. The van der Waals surface area contributed by atoms with Crippen molar-refractivity contribution in [3.05, 3.63) is 53.6 Å². The minimum Gasteiger partial charge on any atom is -0.378 e. The molecule has 2 heterocycles. The Morgan fingerprint density at radius 3 is 2.64 bits per heavy atom. The van der Waals surface area contributed by atoms with E-state index in [1.165, 1.54) is 36.7 Å². The average molecular weight is 457 g/mol. The van der Waals surface area contributed by atoms with Crippen LogP contribution in [0.5, 0.6) is 0 Å². The van der Waals surface area contributed by atoms with Gasteiger partial charge < -0.3 is 10.0 Å². The SMILES string of the molecule is Cn1nnc2nc(N(CC(F)F)c3cc(F)cc(C#CC(C)(C)O)c3)c3c(F)cccc3c21. The van der Waals surface area contributed by atoms with Crippen LogP contribution in [0.15, 0.2) is 36.4 Å². The Labute approximate surface area is 186 Å². The largest absolute Gasteiger partial charge is 0.378 e. The molecule has 2 aromatic heterocycles. The summed E-state index contributed by atoms with van der Waals surface area (Å²) >= 11 is 0. The summed E-state index contributed by atoms with van der Waals surface area (Å²) in [5.74, 6) is 3.61. The highest BCUT2D eigenvalue weighted by Crippen LogP contribution is 2.36. The highest BCUT2D eigenvalue weighted by Gasteiger charge is 2.24. The molecule has 0 saturated carbocycles. The van der Waals surface area contributed by atoms with E-state index >= 15 is 4.39 Å². The Balaban J connectivity index is 1.99. The fourth-order valence-corrected chi connectivity index (χ4v) is 3.50. The third-order valence-corrected chi connectivity index (χ3v) is 4.80. The molecule has 170 valence electrons. The Morgan fingerprint density at radius 1 is 1.18 bits per heavy atom. The number of nitrogens with zero attached hydrogens (tertiary/aromatic N) is 5. The third kappa shape index (κ3) is 4.59. The monoisotopic (exact) mass is 457 g/mol. The molecule has 0 unspecified atom stereocenters. The van der Waals surface area contributed by atoms with Crippen molar-refractivity contribution >= 4 is 33.4 Å². The van der Waals surface area contributed by atoms with Crippen molar-refractivity contribution in [3.8, 4) is 11.8 Å². The first kappa shape index (κ1) is 22.5. The van der Waals surface area contributed by atoms with E-state index in [0.29, 0.717) is 10.9 Å². The van der Waals surface area contributed by atoms with Gasteiger partial charge in [-0.1, -0.05) is 29.2 Å². The van der Waals surface area contributed by atoms with E-state index in [9.17, 15) is 18.3 Å². The van der Waals surface area contributed by atoms with Gasteiger partial charge in [0.15, 0.2) is 0 Å². The molecule has 2 aromatic carbocycles. The van der Waals surface area contributed by atoms with Gasteiger partial charge in [-0.25, -0.2) is 27.2 Å². The Hall–Kier alpha value is -3.71. The predicted octanol–water partition coefficient (Wildman–Crippen LogP) is 4.32. The summed E-state index contributed by atoms with van der Waals surface area (Å²) in [7, 11) is 1.61. The number of alkyl halides is 2. The van der Waals surface area contributed by atoms with Gasteiger partial charge in [-0.15, -0.1) is 5.10 Å². The molecule has 10 heteroatoms. The van der Waals surface area contributed by atoms with Crippen LogP contribution in [0.1, 0.15) is 19.4 Å². The Morgan fingerprint density at radius 2 is 1.94 bits per heavy atom. The zero-order valence-electron chi connectivity index (χ0n) is 17.9. The molecule has 0 amide bonds. The highest BCUT2D eigenvalue weighted by atomic mass is 19.3. The zero-order chi connectivity index (χ0) is 23.9. The fraction of sp³-hybridized carbons (Fsp3) is 0.261. The maximum absolute atomic E-state index is 15.0. The van der Waals surface area contributed by atoms with Crippen molar-refractivity contribution in [1.82, 2.24) is 20.0 Å². The number of aliphatic hydroxyl groups is 1.